The summed E-state index contributed by atoms with van der Waals surface area (Å²) in [5.74, 6) is -1.74. The summed E-state index contributed by atoms with van der Waals surface area (Å²) in [6.45, 7) is 6.83. The van der Waals surface area contributed by atoms with Gasteiger partial charge in [-0.2, -0.15) is 0 Å². The maximum Gasteiger partial charge on any atom is 0.327 e. The van der Waals surface area contributed by atoms with E-state index in [0.717, 1.165) is 0 Å². The van der Waals surface area contributed by atoms with E-state index in [9.17, 15) is 19.8 Å². The Bertz CT molecular complexity index is 387. The Hall–Kier alpha value is -0.750. The normalized spacial score (nSPS) is 35.5. The molecule has 0 aromatic heterocycles. The van der Waals surface area contributed by atoms with Gasteiger partial charge in [0.15, 0.2) is 0 Å². The molecule has 2 heterocycles. The lowest BCUT2D eigenvalue weighted by Crippen LogP contribution is -2.67. The topological polar surface area (TPSA) is 77.8 Å². The van der Waals surface area contributed by atoms with Crippen molar-refractivity contribution in [2.45, 2.75) is 49.5 Å². The van der Waals surface area contributed by atoms with Crippen molar-refractivity contribution in [1.29, 1.82) is 0 Å². The number of fused-ring (bicyclic) bond motifs is 1. The molecule has 0 bridgehead atoms. The van der Waals surface area contributed by atoms with Crippen molar-refractivity contribution in [2.24, 2.45) is 5.92 Å². The monoisotopic (exact) mass is 259 g/mol. The van der Waals surface area contributed by atoms with Gasteiger partial charge in [0, 0.05) is 4.75 Å². The van der Waals surface area contributed by atoms with E-state index in [0.29, 0.717) is 0 Å². The fourth-order valence-electron chi connectivity index (χ4n) is 2.66. The molecule has 0 spiro atoms. The first kappa shape index (κ1) is 12.7. The van der Waals surface area contributed by atoms with Gasteiger partial charge in [-0.25, -0.2) is 4.79 Å². The molecule has 2 aliphatic heterocycles. The second-order valence-electron chi connectivity index (χ2n) is 5.73. The summed E-state index contributed by atoms with van der Waals surface area (Å²) in [7, 11) is 0. The van der Waals surface area contributed by atoms with E-state index in [4.69, 9.17) is 0 Å². The van der Waals surface area contributed by atoms with E-state index in [-0.39, 0.29) is 11.3 Å². The third-order valence-corrected chi connectivity index (χ3v) is 5.01. The first-order valence-corrected chi connectivity index (χ1v) is 6.40. The molecule has 96 valence electrons. The minimum absolute atomic E-state index is 0.224. The average Bonchev–Trinajstić information content (AvgIpc) is 2.31. The number of carbonyl (C=O) groups excluding carboxylic acids is 1. The van der Waals surface area contributed by atoms with Crippen molar-refractivity contribution >= 4 is 23.6 Å². The van der Waals surface area contributed by atoms with Crippen molar-refractivity contribution in [3.05, 3.63) is 0 Å². The maximum atomic E-state index is 12.0. The lowest BCUT2D eigenvalue weighted by atomic mass is 9.81. The van der Waals surface area contributed by atoms with Gasteiger partial charge in [0.25, 0.3) is 0 Å². The third-order valence-electron chi connectivity index (χ3n) is 3.44. The number of rotatable bonds is 2. The van der Waals surface area contributed by atoms with E-state index in [1.807, 2.05) is 13.8 Å². The maximum absolute atomic E-state index is 12.0. The van der Waals surface area contributed by atoms with Gasteiger partial charge in [0.2, 0.25) is 5.91 Å². The first-order valence-electron chi connectivity index (χ1n) is 5.52. The highest BCUT2D eigenvalue weighted by atomic mass is 32.2. The molecule has 0 aromatic rings. The molecular formula is C11H17NO4S. The zero-order valence-electron chi connectivity index (χ0n) is 10.3. The van der Waals surface area contributed by atoms with Crippen molar-refractivity contribution in [1.82, 2.24) is 4.90 Å². The fraction of sp³-hybridized carbons (Fsp3) is 0.818. The Morgan fingerprint density at radius 1 is 1.47 bits per heavy atom. The zero-order valence-corrected chi connectivity index (χ0v) is 11.1. The quantitative estimate of drug-likeness (QED) is 0.707. The Kier molecular flexibility index (Phi) is 2.53. The van der Waals surface area contributed by atoms with Gasteiger partial charge >= 0.3 is 5.97 Å². The largest absolute Gasteiger partial charge is 0.480 e. The molecule has 0 aliphatic carbocycles. The van der Waals surface area contributed by atoms with Crippen LogP contribution in [0.5, 0.6) is 0 Å². The number of β-lactam (4-membered cyclic amide) rings is 1. The van der Waals surface area contributed by atoms with Crippen LogP contribution in [0.3, 0.4) is 0 Å². The van der Waals surface area contributed by atoms with Crippen LogP contribution in [0, 0.1) is 5.92 Å². The number of amides is 1. The summed E-state index contributed by atoms with van der Waals surface area (Å²) in [6, 6.07) is -0.802. The summed E-state index contributed by atoms with van der Waals surface area (Å²) < 4.78 is -0.522. The Balaban J connectivity index is 2.31. The molecule has 3 atom stereocenters. The summed E-state index contributed by atoms with van der Waals surface area (Å²) in [5.41, 5.74) is -1.10. The number of aliphatic hydroxyl groups is 1. The molecule has 0 aromatic carbocycles. The molecule has 17 heavy (non-hydrogen) atoms. The van der Waals surface area contributed by atoms with Crippen molar-refractivity contribution in [3.8, 4) is 0 Å². The molecular weight excluding hydrogens is 242 g/mol. The van der Waals surface area contributed by atoms with Gasteiger partial charge < -0.3 is 15.1 Å². The third kappa shape index (κ3) is 1.65. The van der Waals surface area contributed by atoms with Crippen LogP contribution in [0.2, 0.25) is 0 Å². The number of hydrogen-bond donors (Lipinski definition) is 2. The number of hydrogen-bond acceptors (Lipinski definition) is 4. The van der Waals surface area contributed by atoms with Gasteiger partial charge in [0.05, 0.1) is 16.9 Å². The van der Waals surface area contributed by atoms with E-state index in [1.165, 1.54) is 16.7 Å². The number of aliphatic carboxylic acids is 1. The summed E-state index contributed by atoms with van der Waals surface area (Å²) >= 11 is 1.46. The SMILES string of the molecule is CC(C)(O)C1C(=O)N2C1SC(C)(C)C2C(=O)O. The number of carboxylic acids is 1. The predicted octanol–water partition coefficient (Wildman–Crippen LogP) is 0.520. The Labute approximate surface area is 104 Å². The van der Waals surface area contributed by atoms with Gasteiger partial charge in [0.1, 0.15) is 6.04 Å². The van der Waals surface area contributed by atoms with Gasteiger partial charge in [-0.05, 0) is 27.7 Å². The second kappa shape index (κ2) is 3.38. The van der Waals surface area contributed by atoms with E-state index in [2.05, 4.69) is 0 Å². The zero-order chi connectivity index (χ0) is 13.2. The summed E-state index contributed by atoms with van der Waals surface area (Å²) in [5, 5.41) is 18.9. The average molecular weight is 259 g/mol. The lowest BCUT2D eigenvalue weighted by Gasteiger charge is -2.48. The van der Waals surface area contributed by atoms with Crippen LogP contribution in [-0.2, 0) is 9.59 Å². The van der Waals surface area contributed by atoms with Gasteiger partial charge in [-0.3, -0.25) is 4.79 Å². The molecule has 2 rings (SSSR count). The van der Waals surface area contributed by atoms with E-state index < -0.39 is 28.3 Å². The first-order chi connectivity index (χ1) is 7.57. The van der Waals surface area contributed by atoms with Crippen LogP contribution in [0.15, 0.2) is 0 Å². The minimum atomic E-state index is -1.10. The molecule has 5 nitrogen and oxygen atoms in total. The Morgan fingerprint density at radius 3 is 2.41 bits per heavy atom. The van der Waals surface area contributed by atoms with Crippen LogP contribution in [0.1, 0.15) is 27.7 Å². The predicted molar refractivity (Wildman–Crippen MR) is 63.5 cm³/mol. The summed E-state index contributed by atoms with van der Waals surface area (Å²) in [4.78, 5) is 24.6. The smallest absolute Gasteiger partial charge is 0.327 e. The highest BCUT2D eigenvalue weighted by Crippen LogP contribution is 2.55. The van der Waals surface area contributed by atoms with E-state index >= 15 is 0 Å². The number of thioether (sulfide) groups is 1. The molecule has 3 unspecified atom stereocenters. The number of nitrogens with zero attached hydrogens (tertiary/aromatic N) is 1. The molecule has 2 aliphatic rings. The van der Waals surface area contributed by atoms with Crippen molar-refractivity contribution in [3.63, 3.8) is 0 Å². The van der Waals surface area contributed by atoms with Crippen molar-refractivity contribution in [2.75, 3.05) is 0 Å². The van der Waals surface area contributed by atoms with Crippen LogP contribution in [0.4, 0.5) is 0 Å². The standard InChI is InChI=1S/C11H17NO4S/c1-10(2,16)5-7(13)12-6(9(14)15)11(3,4)17-8(5)12/h5-6,8,16H,1-4H3,(H,14,15). The molecule has 1 amide bonds. The molecule has 6 heteroatoms. The molecule has 0 radical (unpaired) electrons. The van der Waals surface area contributed by atoms with Gasteiger partial charge in [-0.1, -0.05) is 0 Å². The molecule has 2 saturated heterocycles. The Morgan fingerprint density at radius 2 is 2.00 bits per heavy atom. The molecule has 0 saturated carbocycles. The van der Waals surface area contributed by atoms with Crippen LogP contribution < -0.4 is 0 Å². The van der Waals surface area contributed by atoms with Gasteiger partial charge in [-0.15, -0.1) is 11.8 Å². The van der Waals surface area contributed by atoms with Crippen LogP contribution in [0.25, 0.3) is 0 Å². The molecule has 2 N–H and O–H groups in total. The fourth-order valence-corrected chi connectivity index (χ4v) is 4.55. The van der Waals surface area contributed by atoms with Crippen LogP contribution in [-0.4, -0.2) is 48.8 Å². The minimum Gasteiger partial charge on any atom is -0.480 e. The van der Waals surface area contributed by atoms with Crippen molar-refractivity contribution < 1.29 is 19.8 Å². The number of carbonyl (C=O) groups is 2. The molecule has 2 fully saturated rings. The van der Waals surface area contributed by atoms with E-state index in [1.54, 1.807) is 13.8 Å². The second-order valence-corrected chi connectivity index (χ2v) is 7.50. The lowest BCUT2D eigenvalue weighted by molar-refractivity contribution is -0.174. The highest BCUT2D eigenvalue weighted by molar-refractivity contribution is 8.01. The van der Waals surface area contributed by atoms with Crippen LogP contribution >= 0.6 is 11.8 Å². The number of carboxylic acid groups (broad SMARTS) is 1. The summed E-state index contributed by atoms with van der Waals surface area (Å²) in [6.07, 6.45) is 0. The highest BCUT2D eigenvalue weighted by Gasteiger charge is 2.66.